The van der Waals surface area contributed by atoms with Gasteiger partial charge in [-0.3, -0.25) is 38.4 Å². The van der Waals surface area contributed by atoms with E-state index < -0.39 is 119 Å². The van der Waals surface area contributed by atoms with Crippen molar-refractivity contribution in [1.82, 2.24) is 52.3 Å². The van der Waals surface area contributed by atoms with Crippen LogP contribution < -0.4 is 42.5 Å². The highest BCUT2D eigenvalue weighted by molar-refractivity contribution is 6.01. The molecule has 0 radical (unpaired) electrons. The van der Waals surface area contributed by atoms with Crippen LogP contribution in [0.15, 0.2) is 60.7 Å². The fourth-order valence-corrected chi connectivity index (χ4v) is 11.0. The lowest BCUT2D eigenvalue weighted by Crippen LogP contribution is -2.59. The molecule has 2 saturated heterocycles. The summed E-state index contributed by atoms with van der Waals surface area (Å²) in [5.74, 6) is -4.69. The van der Waals surface area contributed by atoms with E-state index >= 15 is 0 Å². The number of hydrogen-bond donors (Lipinski definition) is 8. The number of nitrogens with zero attached hydrogens (tertiary/aromatic N) is 2. The Morgan fingerprint density at radius 3 is 1.29 bits per heavy atom. The first-order valence-corrected chi connectivity index (χ1v) is 27.2. The van der Waals surface area contributed by atoms with Crippen LogP contribution in [0.2, 0.25) is 0 Å². The van der Waals surface area contributed by atoms with Crippen molar-refractivity contribution in [2.24, 2.45) is 10.8 Å². The van der Waals surface area contributed by atoms with Crippen LogP contribution in [0.25, 0.3) is 0 Å². The number of carbonyl (C=O) groups excluding carboxylic acids is 8. The topological polar surface area (TPSA) is 239 Å². The third-order valence-electron chi connectivity index (χ3n) is 15.8. The summed E-state index contributed by atoms with van der Waals surface area (Å²) < 4.78 is 28.5. The molecule has 0 saturated carbocycles. The van der Waals surface area contributed by atoms with Crippen molar-refractivity contribution in [3.8, 4) is 0 Å². The maximum atomic E-state index is 14.7. The Morgan fingerprint density at radius 1 is 0.551 bits per heavy atom. The molecule has 20 heteroatoms. The molecule has 0 spiro atoms. The van der Waals surface area contributed by atoms with Gasteiger partial charge in [0.25, 0.3) is 11.8 Å². The second-order valence-electron chi connectivity index (χ2n) is 23.6. The van der Waals surface area contributed by atoms with Gasteiger partial charge in [0.2, 0.25) is 35.4 Å². The molecule has 0 bridgehead atoms. The first-order chi connectivity index (χ1) is 36.8. The van der Waals surface area contributed by atoms with Crippen molar-refractivity contribution in [1.29, 1.82) is 0 Å². The van der Waals surface area contributed by atoms with E-state index in [1.165, 1.54) is 52.3 Å². The highest BCUT2D eigenvalue weighted by Crippen LogP contribution is 2.34. The molecule has 8 amide bonds. The summed E-state index contributed by atoms with van der Waals surface area (Å²) in [7, 11) is 3.25. The van der Waals surface area contributed by atoms with E-state index in [4.69, 9.17) is 0 Å². The van der Waals surface area contributed by atoms with Crippen molar-refractivity contribution in [3.05, 3.63) is 106 Å². The molecule has 7 rings (SSSR count). The predicted molar refractivity (Wildman–Crippen MR) is 289 cm³/mol. The number of halogens is 2. The number of fused-ring (bicyclic) bond motifs is 2. The van der Waals surface area contributed by atoms with Crippen LogP contribution >= 0.6 is 0 Å². The Balaban J connectivity index is 1.09. The lowest BCUT2D eigenvalue weighted by molar-refractivity contribution is -0.144. The van der Waals surface area contributed by atoms with E-state index in [0.29, 0.717) is 38.5 Å². The molecule has 2 heterocycles. The molecule has 18 nitrogen and oxygen atoms in total. The van der Waals surface area contributed by atoms with Crippen LogP contribution in [-0.2, 0) is 41.6 Å². The summed E-state index contributed by atoms with van der Waals surface area (Å²) in [4.78, 5) is 116. The zero-order chi connectivity index (χ0) is 57.0. The van der Waals surface area contributed by atoms with Gasteiger partial charge < -0.3 is 52.3 Å². The standard InChI is InChI=1S/C58H78F2N10O8/c1-31(61-9)49(71)67-47(57(3,4)5)55(77)69-29-39(27-45(69)53(75)65-43-18-12-14-33-25-37(59)20-22-41(33)43)63-51(73)35-16-11-17-36(24-35)52(74)64-40-28-46(54(76)66-44-19-13-15-34-26-38(60)21-23-42(34)44)70(30-40)56(78)48(58(6,7)8)68-50(72)32(2)62-10/h11,16-17,20-26,31-32,39-40,43-48,61-62H,12-15,18-19,27-30H2,1-10H3,(H,63,73)(H,64,74)(H,65,75)(H,66,76)(H,67,71)(H,68,72)/t31-,32-,39-,40-,43?,44?,45-,46-,47+,48+/m0/s1. The molecule has 2 aliphatic carbocycles. The Kier molecular flexibility index (Phi) is 18.5. The van der Waals surface area contributed by atoms with Gasteiger partial charge >= 0.3 is 0 Å². The Hall–Kier alpha value is -6.80. The van der Waals surface area contributed by atoms with E-state index in [0.717, 1.165) is 22.3 Å². The fourth-order valence-electron chi connectivity index (χ4n) is 11.0. The fraction of sp³-hybridized carbons (Fsp3) is 0.552. The number of aryl methyl sites for hydroxylation is 2. The third kappa shape index (κ3) is 13.7. The van der Waals surface area contributed by atoms with Gasteiger partial charge in [0.05, 0.1) is 24.2 Å². The molecule has 8 N–H and O–H groups in total. The Morgan fingerprint density at radius 2 is 0.936 bits per heavy atom. The zero-order valence-electron chi connectivity index (χ0n) is 46.5. The monoisotopic (exact) mass is 1080 g/mol. The van der Waals surface area contributed by atoms with Crippen molar-refractivity contribution < 1.29 is 47.1 Å². The molecular weight excluding hydrogens is 1000 g/mol. The first kappa shape index (κ1) is 58.9. The van der Waals surface area contributed by atoms with Gasteiger partial charge in [0.15, 0.2) is 0 Å². The minimum atomic E-state index is -1.06. The number of benzene rings is 3. The lowest BCUT2D eigenvalue weighted by Gasteiger charge is -2.36. The number of likely N-dealkylation sites (tertiary alicyclic amines) is 2. The largest absolute Gasteiger partial charge is 0.347 e. The smallest absolute Gasteiger partial charge is 0.251 e. The van der Waals surface area contributed by atoms with Crippen LogP contribution in [0.4, 0.5) is 8.78 Å². The molecule has 0 aromatic heterocycles. The number of amides is 8. The maximum absolute atomic E-state index is 14.7. The van der Waals surface area contributed by atoms with Crippen LogP contribution in [0.1, 0.15) is 149 Å². The second-order valence-corrected chi connectivity index (χ2v) is 23.6. The SMILES string of the molecule is CN[C@@H](C)C(=O)N[C@H](C(=O)N1C[C@@H](NC(=O)c2cccc(C(=O)N[C@H]3C[C@@H](C(=O)NC4CCCc5cc(F)ccc54)N(C(=O)[C@@H](NC(=O)[C@H](C)NC)C(C)(C)C)C3)c2)C[C@H]1C(=O)NC1CCCc2cc(F)ccc21)C(C)(C)C. The minimum absolute atomic E-state index is 0.0237. The molecule has 10 atom stereocenters. The van der Waals surface area contributed by atoms with Crippen molar-refractivity contribution in [3.63, 3.8) is 0 Å². The van der Waals surface area contributed by atoms with Gasteiger partial charge in [-0.25, -0.2) is 8.78 Å². The number of nitrogens with one attached hydrogen (secondary N) is 8. The van der Waals surface area contributed by atoms with Crippen molar-refractivity contribution >= 4 is 47.3 Å². The predicted octanol–water partition coefficient (Wildman–Crippen LogP) is 4.03. The van der Waals surface area contributed by atoms with Crippen LogP contribution in [0.3, 0.4) is 0 Å². The number of carbonyl (C=O) groups is 8. The average molecular weight is 1080 g/mol. The van der Waals surface area contributed by atoms with Gasteiger partial charge in [0, 0.05) is 36.3 Å². The van der Waals surface area contributed by atoms with Crippen LogP contribution in [0, 0.1) is 22.5 Å². The molecule has 3 aromatic carbocycles. The number of hydrogen-bond acceptors (Lipinski definition) is 10. The van der Waals surface area contributed by atoms with E-state index in [1.807, 2.05) is 41.5 Å². The molecule has 4 aliphatic rings. The van der Waals surface area contributed by atoms with E-state index in [1.54, 1.807) is 46.1 Å². The van der Waals surface area contributed by atoms with Crippen molar-refractivity contribution in [2.75, 3.05) is 27.2 Å². The van der Waals surface area contributed by atoms with Gasteiger partial charge in [-0.15, -0.1) is 0 Å². The summed E-state index contributed by atoms with van der Waals surface area (Å²) >= 11 is 0. The third-order valence-corrected chi connectivity index (χ3v) is 15.8. The number of likely N-dealkylation sites (N-methyl/N-ethyl adjacent to an activating group) is 2. The van der Waals surface area contributed by atoms with Crippen LogP contribution in [0.5, 0.6) is 0 Å². The molecule has 2 fully saturated rings. The highest BCUT2D eigenvalue weighted by Gasteiger charge is 2.48. The molecule has 2 unspecified atom stereocenters. The zero-order valence-corrected chi connectivity index (χ0v) is 46.5. The van der Waals surface area contributed by atoms with Crippen molar-refractivity contribution in [2.45, 2.75) is 167 Å². The summed E-state index contributed by atoms with van der Waals surface area (Å²) in [6.07, 6.45) is 3.96. The molecule has 2 aliphatic heterocycles. The quantitative estimate of drug-likeness (QED) is 0.103. The molecular formula is C58H78F2N10O8. The van der Waals surface area contributed by atoms with E-state index in [2.05, 4.69) is 42.5 Å². The first-order valence-electron chi connectivity index (χ1n) is 27.2. The number of rotatable bonds is 16. The Labute approximate surface area is 456 Å². The normalized spacial score (nSPS) is 22.6. The maximum Gasteiger partial charge on any atom is 0.251 e. The van der Waals surface area contributed by atoms with E-state index in [-0.39, 0.29) is 48.7 Å². The van der Waals surface area contributed by atoms with Gasteiger partial charge in [-0.1, -0.05) is 59.7 Å². The van der Waals surface area contributed by atoms with E-state index in [9.17, 15) is 47.1 Å². The molecule has 3 aromatic rings. The highest BCUT2D eigenvalue weighted by atomic mass is 19.1. The molecule has 422 valence electrons. The second kappa shape index (κ2) is 24.5. The van der Waals surface area contributed by atoms with Gasteiger partial charge in [-0.05, 0) is 155 Å². The summed E-state index contributed by atoms with van der Waals surface area (Å²) in [6, 6.07) is 7.12. The minimum Gasteiger partial charge on any atom is -0.347 e. The van der Waals surface area contributed by atoms with Gasteiger partial charge in [0.1, 0.15) is 35.8 Å². The summed E-state index contributed by atoms with van der Waals surface area (Å²) in [5, 5.41) is 23.7. The summed E-state index contributed by atoms with van der Waals surface area (Å²) in [5.41, 5.74) is 1.79. The summed E-state index contributed by atoms with van der Waals surface area (Å²) in [6.45, 7) is 14.0. The Bertz CT molecular complexity index is 2600. The molecule has 78 heavy (non-hydrogen) atoms. The van der Waals surface area contributed by atoms with Gasteiger partial charge in [-0.2, -0.15) is 0 Å². The van der Waals surface area contributed by atoms with Crippen LogP contribution in [-0.4, -0.2) is 133 Å². The lowest BCUT2D eigenvalue weighted by atomic mass is 9.85. The average Bonchev–Trinajstić information content (AvgIpc) is 4.03.